The van der Waals surface area contributed by atoms with Crippen LogP contribution in [0.4, 0.5) is 14.6 Å². The van der Waals surface area contributed by atoms with Crippen molar-refractivity contribution >= 4 is 27.6 Å². The van der Waals surface area contributed by atoms with E-state index >= 15 is 0 Å². The molecule has 0 aliphatic carbocycles. The molecule has 0 amide bonds. The van der Waals surface area contributed by atoms with Gasteiger partial charge >= 0.3 is 0 Å². The molecule has 1 aromatic heterocycles. The van der Waals surface area contributed by atoms with E-state index in [2.05, 4.69) is 4.98 Å². The van der Waals surface area contributed by atoms with Gasteiger partial charge in [0.2, 0.25) is 10.0 Å². The van der Waals surface area contributed by atoms with Crippen LogP contribution >= 0.6 is 11.8 Å². The highest BCUT2D eigenvalue weighted by molar-refractivity contribution is 8.02. The highest BCUT2D eigenvalue weighted by Crippen LogP contribution is 2.41. The zero-order chi connectivity index (χ0) is 16.1. The minimum Gasteiger partial charge on any atom is -0.242 e. The summed E-state index contributed by atoms with van der Waals surface area (Å²) in [4.78, 5) is 5.00. The van der Waals surface area contributed by atoms with Gasteiger partial charge in [-0.05, 0) is 30.7 Å². The van der Waals surface area contributed by atoms with Crippen molar-refractivity contribution in [3.05, 3.63) is 41.5 Å². The first-order valence-electron chi connectivity index (χ1n) is 6.35. The maximum atomic E-state index is 14.0. The number of halogens is 2. The maximum absolute atomic E-state index is 14.0. The number of nitrogens with zero attached hydrogens (tertiary/aromatic N) is 2. The van der Waals surface area contributed by atoms with E-state index in [9.17, 15) is 17.2 Å². The number of thioether (sulfide) groups is 1. The fourth-order valence-corrected chi connectivity index (χ4v) is 4.62. The van der Waals surface area contributed by atoms with Crippen LogP contribution in [0, 0.1) is 18.6 Å². The minimum absolute atomic E-state index is 0.0191. The van der Waals surface area contributed by atoms with Crippen LogP contribution in [0.1, 0.15) is 5.56 Å². The number of fused-ring (bicyclic) bond motifs is 1. The van der Waals surface area contributed by atoms with Gasteiger partial charge < -0.3 is 0 Å². The predicted octanol–water partition coefficient (Wildman–Crippen LogP) is 3.16. The summed E-state index contributed by atoms with van der Waals surface area (Å²) >= 11 is 1.34. The van der Waals surface area contributed by atoms with E-state index in [0.717, 1.165) is 16.6 Å². The van der Waals surface area contributed by atoms with Gasteiger partial charge in [-0.2, -0.15) is 0 Å². The third kappa shape index (κ3) is 2.46. The van der Waals surface area contributed by atoms with Crippen LogP contribution in [0.15, 0.2) is 29.2 Å². The zero-order valence-corrected chi connectivity index (χ0v) is 13.4. The Morgan fingerprint density at radius 2 is 2.05 bits per heavy atom. The van der Waals surface area contributed by atoms with Gasteiger partial charge in [-0.15, -0.1) is 0 Å². The second-order valence-corrected chi connectivity index (χ2v) is 7.86. The lowest BCUT2D eigenvalue weighted by molar-refractivity contribution is 0.511. The van der Waals surface area contributed by atoms with Crippen molar-refractivity contribution in [3.63, 3.8) is 0 Å². The van der Waals surface area contributed by atoms with Crippen LogP contribution in [0.25, 0.3) is 11.3 Å². The maximum Gasteiger partial charge on any atom is 0.234 e. The van der Waals surface area contributed by atoms with Crippen LogP contribution in [-0.4, -0.2) is 25.5 Å². The van der Waals surface area contributed by atoms with Crippen molar-refractivity contribution in [1.82, 2.24) is 4.98 Å². The smallest absolute Gasteiger partial charge is 0.234 e. The quantitative estimate of drug-likeness (QED) is 0.841. The zero-order valence-electron chi connectivity index (χ0n) is 11.8. The average Bonchev–Trinajstić information content (AvgIpc) is 2.84. The molecule has 0 saturated carbocycles. The number of anilines is 1. The summed E-state index contributed by atoms with van der Waals surface area (Å²) in [6.07, 6.45) is 1.09. The van der Waals surface area contributed by atoms with Crippen LogP contribution in [0.5, 0.6) is 0 Å². The minimum atomic E-state index is -3.46. The summed E-state index contributed by atoms with van der Waals surface area (Å²) in [6.45, 7) is 1.73. The van der Waals surface area contributed by atoms with Gasteiger partial charge in [-0.3, -0.25) is 0 Å². The van der Waals surface area contributed by atoms with Crippen molar-refractivity contribution < 1.29 is 17.2 Å². The molecule has 0 bridgehead atoms. The summed E-state index contributed by atoms with van der Waals surface area (Å²) in [7, 11) is -3.46. The Morgan fingerprint density at radius 3 is 2.73 bits per heavy atom. The number of sulfonamides is 1. The first-order valence-corrected chi connectivity index (χ1v) is 9.19. The van der Waals surface area contributed by atoms with Crippen LogP contribution in [0.2, 0.25) is 0 Å². The monoisotopic (exact) mass is 342 g/mol. The third-order valence-electron chi connectivity index (χ3n) is 3.34. The van der Waals surface area contributed by atoms with E-state index in [1.807, 2.05) is 0 Å². The number of aromatic nitrogens is 1. The summed E-state index contributed by atoms with van der Waals surface area (Å²) in [6, 6.07) is 5.59. The van der Waals surface area contributed by atoms with E-state index in [1.165, 1.54) is 23.9 Å². The van der Waals surface area contributed by atoms with E-state index in [4.69, 9.17) is 0 Å². The number of hydrogen-bond acceptors (Lipinski definition) is 4. The van der Waals surface area contributed by atoms with Crippen molar-refractivity contribution in [2.75, 3.05) is 16.4 Å². The lowest BCUT2D eigenvalue weighted by Crippen LogP contribution is -2.27. The number of pyridine rings is 1. The van der Waals surface area contributed by atoms with Gasteiger partial charge in [-0.25, -0.2) is 26.5 Å². The number of rotatable bonds is 2. The SMILES string of the molecule is Cc1cc2c(nc1-c1cccc(F)c1F)N(S(C)(=O)=O)CS2. The normalized spacial score (nSPS) is 14.3. The summed E-state index contributed by atoms with van der Waals surface area (Å²) in [5, 5.41) is 0. The topological polar surface area (TPSA) is 50.3 Å². The second kappa shape index (κ2) is 5.20. The summed E-state index contributed by atoms with van der Waals surface area (Å²) < 4.78 is 52.2. The number of aryl methyl sites for hydroxylation is 1. The molecule has 2 heterocycles. The molecule has 0 atom stereocenters. The Kier molecular flexibility index (Phi) is 3.60. The molecule has 8 heteroatoms. The van der Waals surface area contributed by atoms with E-state index in [1.54, 1.807) is 13.0 Å². The largest absolute Gasteiger partial charge is 0.242 e. The molecule has 0 unspecified atom stereocenters. The van der Waals surface area contributed by atoms with Crippen LogP contribution in [0.3, 0.4) is 0 Å². The molecule has 0 radical (unpaired) electrons. The lowest BCUT2D eigenvalue weighted by atomic mass is 10.1. The molecule has 1 aliphatic rings. The molecule has 1 aliphatic heterocycles. The lowest BCUT2D eigenvalue weighted by Gasteiger charge is -2.16. The highest BCUT2D eigenvalue weighted by Gasteiger charge is 2.30. The van der Waals surface area contributed by atoms with Gasteiger partial charge in [0.1, 0.15) is 0 Å². The molecule has 4 nitrogen and oxygen atoms in total. The van der Waals surface area contributed by atoms with Gasteiger partial charge in [0, 0.05) is 5.56 Å². The molecule has 1 aromatic carbocycles. The predicted molar refractivity (Wildman–Crippen MR) is 82.4 cm³/mol. The van der Waals surface area contributed by atoms with Crippen LogP contribution < -0.4 is 4.31 Å². The Bertz CT molecular complexity index is 869. The number of benzene rings is 1. The van der Waals surface area contributed by atoms with E-state index in [-0.39, 0.29) is 23.0 Å². The molecule has 3 rings (SSSR count). The summed E-state index contributed by atoms with van der Waals surface area (Å²) in [5.74, 6) is -1.46. The van der Waals surface area contributed by atoms with E-state index in [0.29, 0.717) is 10.5 Å². The Morgan fingerprint density at radius 1 is 1.32 bits per heavy atom. The van der Waals surface area contributed by atoms with E-state index < -0.39 is 21.7 Å². The first-order chi connectivity index (χ1) is 10.3. The van der Waals surface area contributed by atoms with Crippen molar-refractivity contribution in [2.45, 2.75) is 11.8 Å². The molecule has 0 fully saturated rings. The average molecular weight is 342 g/mol. The number of hydrogen-bond donors (Lipinski definition) is 0. The molecule has 0 N–H and O–H groups in total. The fourth-order valence-electron chi connectivity index (χ4n) is 2.27. The molecular weight excluding hydrogens is 330 g/mol. The Balaban J connectivity index is 2.21. The molecule has 0 saturated heterocycles. The third-order valence-corrected chi connectivity index (χ3v) is 5.60. The molecule has 116 valence electrons. The molecule has 0 spiro atoms. The van der Waals surface area contributed by atoms with Crippen molar-refractivity contribution in [2.24, 2.45) is 0 Å². The molecule has 2 aromatic rings. The highest BCUT2D eigenvalue weighted by atomic mass is 32.2. The first kappa shape index (κ1) is 15.2. The van der Waals surface area contributed by atoms with Crippen molar-refractivity contribution in [1.29, 1.82) is 0 Å². The molecule has 22 heavy (non-hydrogen) atoms. The Labute approximate surface area is 131 Å². The van der Waals surface area contributed by atoms with Gasteiger partial charge in [0.25, 0.3) is 0 Å². The molecular formula is C14H12F2N2O2S2. The Hall–Kier alpha value is -1.67. The van der Waals surface area contributed by atoms with Gasteiger partial charge in [0.15, 0.2) is 17.5 Å². The standard InChI is InChI=1S/C14H12F2N2O2S2/c1-8-6-11-14(18(7-21-11)22(2,19)20)17-13(8)9-4-3-5-10(15)12(9)16/h3-6H,7H2,1-2H3. The second-order valence-electron chi connectivity index (χ2n) is 4.96. The summed E-state index contributed by atoms with van der Waals surface area (Å²) in [5.41, 5.74) is 0.920. The van der Waals surface area contributed by atoms with Crippen molar-refractivity contribution in [3.8, 4) is 11.3 Å². The van der Waals surface area contributed by atoms with Gasteiger partial charge in [0.05, 0.1) is 22.7 Å². The van der Waals surface area contributed by atoms with Crippen LogP contribution in [-0.2, 0) is 10.0 Å². The fraction of sp³-hybridized carbons (Fsp3) is 0.214. The van der Waals surface area contributed by atoms with Gasteiger partial charge in [-0.1, -0.05) is 17.8 Å².